The summed E-state index contributed by atoms with van der Waals surface area (Å²) < 4.78 is 4.95. The topological polar surface area (TPSA) is 64.6 Å². The molecular formula is C13H23NO4. The fourth-order valence-electron chi connectivity index (χ4n) is 2.07. The van der Waals surface area contributed by atoms with E-state index in [0.717, 1.165) is 12.8 Å². The Morgan fingerprint density at radius 2 is 1.78 bits per heavy atom. The Balaban J connectivity index is 2.18. The van der Waals surface area contributed by atoms with Gasteiger partial charge in [-0.25, -0.2) is 9.59 Å². The lowest BCUT2D eigenvalue weighted by atomic mass is 9.87. The SMILES string of the molecule is CC(C)(C)OC(=O)NOC(=O)CC1CCCCC1. The molecule has 0 bridgehead atoms. The van der Waals surface area contributed by atoms with Crippen LogP contribution in [0.5, 0.6) is 0 Å². The Bertz CT molecular complexity index is 290. The second-order valence-corrected chi connectivity index (χ2v) is 5.79. The van der Waals surface area contributed by atoms with Gasteiger partial charge in [-0.05, 0) is 39.5 Å². The zero-order valence-corrected chi connectivity index (χ0v) is 11.5. The number of hydrogen-bond donors (Lipinski definition) is 1. The Labute approximate surface area is 108 Å². The van der Waals surface area contributed by atoms with Gasteiger partial charge < -0.3 is 9.57 Å². The van der Waals surface area contributed by atoms with Gasteiger partial charge in [-0.2, -0.15) is 0 Å². The summed E-state index contributed by atoms with van der Waals surface area (Å²) in [6.45, 7) is 5.24. The van der Waals surface area contributed by atoms with Crippen LogP contribution in [0.3, 0.4) is 0 Å². The molecule has 0 aromatic rings. The number of nitrogens with one attached hydrogen (secondary N) is 1. The summed E-state index contributed by atoms with van der Waals surface area (Å²) in [6, 6.07) is 0. The lowest BCUT2D eigenvalue weighted by Gasteiger charge is -2.21. The van der Waals surface area contributed by atoms with Crippen LogP contribution in [0.25, 0.3) is 0 Å². The van der Waals surface area contributed by atoms with Gasteiger partial charge in [0.05, 0.1) is 6.42 Å². The maximum absolute atomic E-state index is 11.5. The predicted molar refractivity (Wildman–Crippen MR) is 66.7 cm³/mol. The summed E-state index contributed by atoms with van der Waals surface area (Å²) in [5, 5.41) is 0. The molecule has 1 amide bonds. The molecule has 18 heavy (non-hydrogen) atoms. The van der Waals surface area contributed by atoms with E-state index in [1.54, 1.807) is 20.8 Å². The van der Waals surface area contributed by atoms with Gasteiger partial charge in [-0.15, -0.1) is 5.48 Å². The van der Waals surface area contributed by atoms with E-state index in [1.165, 1.54) is 19.3 Å². The Hall–Kier alpha value is -1.26. The first-order valence-electron chi connectivity index (χ1n) is 6.55. The molecule has 0 aromatic heterocycles. The molecule has 0 atom stereocenters. The summed E-state index contributed by atoms with van der Waals surface area (Å²) in [4.78, 5) is 27.4. The van der Waals surface area contributed by atoms with Crippen LogP contribution >= 0.6 is 0 Å². The van der Waals surface area contributed by atoms with Crippen LogP contribution in [0.1, 0.15) is 59.3 Å². The minimum Gasteiger partial charge on any atom is -0.442 e. The first kappa shape index (κ1) is 14.8. The summed E-state index contributed by atoms with van der Waals surface area (Å²) in [7, 11) is 0. The van der Waals surface area contributed by atoms with E-state index in [4.69, 9.17) is 4.74 Å². The standard InChI is InChI=1S/C13H23NO4/c1-13(2,3)17-12(16)14-18-11(15)9-10-7-5-4-6-8-10/h10H,4-9H2,1-3H3,(H,14,16). The van der Waals surface area contributed by atoms with E-state index < -0.39 is 17.7 Å². The Morgan fingerprint density at radius 3 is 2.33 bits per heavy atom. The Kier molecular flexibility index (Phi) is 5.44. The van der Waals surface area contributed by atoms with Gasteiger partial charge in [0.25, 0.3) is 0 Å². The summed E-state index contributed by atoms with van der Waals surface area (Å²) in [6.07, 6.45) is 5.38. The van der Waals surface area contributed by atoms with Crippen LogP contribution < -0.4 is 5.48 Å². The molecule has 5 heteroatoms. The molecule has 1 rings (SSSR count). The predicted octanol–water partition coefficient (Wildman–Crippen LogP) is 2.94. The zero-order chi connectivity index (χ0) is 13.6. The number of carbonyl (C=O) groups excluding carboxylic acids is 2. The van der Waals surface area contributed by atoms with Crippen molar-refractivity contribution in [3.05, 3.63) is 0 Å². The van der Waals surface area contributed by atoms with Crippen LogP contribution in [0.4, 0.5) is 4.79 Å². The van der Waals surface area contributed by atoms with Gasteiger partial charge in [0, 0.05) is 0 Å². The molecule has 1 saturated carbocycles. The molecule has 1 aliphatic rings. The van der Waals surface area contributed by atoms with Crippen molar-refractivity contribution in [2.24, 2.45) is 5.92 Å². The second kappa shape index (κ2) is 6.61. The van der Waals surface area contributed by atoms with Crippen molar-refractivity contribution >= 4 is 12.1 Å². The molecule has 1 fully saturated rings. The molecule has 0 unspecified atom stereocenters. The second-order valence-electron chi connectivity index (χ2n) is 5.79. The number of hydrogen-bond acceptors (Lipinski definition) is 4. The number of rotatable bonds is 2. The fourth-order valence-corrected chi connectivity index (χ4v) is 2.07. The van der Waals surface area contributed by atoms with Gasteiger partial charge in [-0.3, -0.25) is 0 Å². The first-order chi connectivity index (χ1) is 8.37. The van der Waals surface area contributed by atoms with Crippen LogP contribution in [-0.4, -0.2) is 17.7 Å². The summed E-state index contributed by atoms with van der Waals surface area (Å²) in [5.74, 6) is -0.000513. The quantitative estimate of drug-likeness (QED) is 0.772. The third kappa shape index (κ3) is 6.47. The van der Waals surface area contributed by atoms with Gasteiger partial charge in [-0.1, -0.05) is 19.3 Å². The van der Waals surface area contributed by atoms with Crippen LogP contribution in [0, 0.1) is 5.92 Å². The van der Waals surface area contributed by atoms with E-state index in [1.807, 2.05) is 5.48 Å². The van der Waals surface area contributed by atoms with Crippen LogP contribution in [-0.2, 0) is 14.4 Å². The Morgan fingerprint density at radius 1 is 1.17 bits per heavy atom. The van der Waals surface area contributed by atoms with Gasteiger partial charge in [0.15, 0.2) is 0 Å². The number of carbonyl (C=O) groups is 2. The molecular weight excluding hydrogens is 234 g/mol. The number of amides is 1. The van der Waals surface area contributed by atoms with Crippen molar-refractivity contribution in [2.45, 2.75) is 64.9 Å². The monoisotopic (exact) mass is 257 g/mol. The highest BCUT2D eigenvalue weighted by Crippen LogP contribution is 2.26. The highest BCUT2D eigenvalue weighted by molar-refractivity contribution is 5.73. The molecule has 0 aromatic carbocycles. The minimum atomic E-state index is -0.737. The van der Waals surface area contributed by atoms with Gasteiger partial charge >= 0.3 is 12.1 Å². The van der Waals surface area contributed by atoms with E-state index >= 15 is 0 Å². The molecule has 0 saturated heterocycles. The van der Waals surface area contributed by atoms with Crippen molar-refractivity contribution in [2.75, 3.05) is 0 Å². The van der Waals surface area contributed by atoms with E-state index in [-0.39, 0.29) is 0 Å². The molecule has 0 radical (unpaired) electrons. The van der Waals surface area contributed by atoms with Crippen molar-refractivity contribution in [1.82, 2.24) is 5.48 Å². The molecule has 1 N–H and O–H groups in total. The summed E-state index contributed by atoms with van der Waals surface area (Å²) in [5.41, 5.74) is 1.42. The lowest BCUT2D eigenvalue weighted by molar-refractivity contribution is -0.151. The highest BCUT2D eigenvalue weighted by Gasteiger charge is 2.20. The highest BCUT2D eigenvalue weighted by atomic mass is 16.7. The van der Waals surface area contributed by atoms with Crippen molar-refractivity contribution < 1.29 is 19.2 Å². The van der Waals surface area contributed by atoms with E-state index in [2.05, 4.69) is 4.84 Å². The van der Waals surface area contributed by atoms with Crippen molar-refractivity contribution in [3.63, 3.8) is 0 Å². The maximum Gasteiger partial charge on any atom is 0.441 e. The molecule has 0 aliphatic heterocycles. The molecule has 0 spiro atoms. The molecule has 1 aliphatic carbocycles. The van der Waals surface area contributed by atoms with E-state index in [0.29, 0.717) is 12.3 Å². The summed E-state index contributed by atoms with van der Waals surface area (Å²) >= 11 is 0. The largest absolute Gasteiger partial charge is 0.442 e. The average Bonchev–Trinajstić information content (AvgIpc) is 2.25. The maximum atomic E-state index is 11.5. The average molecular weight is 257 g/mol. The molecule has 5 nitrogen and oxygen atoms in total. The van der Waals surface area contributed by atoms with Crippen molar-refractivity contribution in [1.29, 1.82) is 0 Å². The van der Waals surface area contributed by atoms with Gasteiger partial charge in [0.1, 0.15) is 5.60 Å². The number of ether oxygens (including phenoxy) is 1. The van der Waals surface area contributed by atoms with E-state index in [9.17, 15) is 9.59 Å². The molecule has 0 heterocycles. The smallest absolute Gasteiger partial charge is 0.441 e. The van der Waals surface area contributed by atoms with Crippen LogP contribution in [0.15, 0.2) is 0 Å². The zero-order valence-electron chi connectivity index (χ0n) is 11.5. The normalized spacial score (nSPS) is 17.1. The lowest BCUT2D eigenvalue weighted by Crippen LogP contribution is -2.34. The van der Waals surface area contributed by atoms with Crippen LogP contribution in [0.2, 0.25) is 0 Å². The third-order valence-corrected chi connectivity index (χ3v) is 2.83. The molecule has 104 valence electrons. The minimum absolute atomic E-state index is 0.371. The van der Waals surface area contributed by atoms with Crippen molar-refractivity contribution in [3.8, 4) is 0 Å². The van der Waals surface area contributed by atoms with Gasteiger partial charge in [0.2, 0.25) is 0 Å². The number of hydroxylamine groups is 1. The fraction of sp³-hybridized carbons (Fsp3) is 0.846. The third-order valence-electron chi connectivity index (χ3n) is 2.83. The first-order valence-corrected chi connectivity index (χ1v) is 6.55.